The Morgan fingerprint density at radius 2 is 0.940 bits per heavy atom. The predicted molar refractivity (Wildman–Crippen MR) is 214 cm³/mol. The number of hydrogen-bond donors (Lipinski definition) is 0. The van der Waals surface area contributed by atoms with Gasteiger partial charge >= 0.3 is 0 Å². The first-order valence-electron chi connectivity index (χ1n) is 17.3. The SMILES string of the molecule is Cc1c(-n2c3ccc4c5ccccc5c5ccccc5c4c3c3ccc4ccccc4c32)nc2ccc3ccccc3c2c1-c1ccccc1. The quantitative estimate of drug-likeness (QED) is 0.173. The Morgan fingerprint density at radius 3 is 1.68 bits per heavy atom. The Bertz CT molecular complexity index is 3170. The van der Waals surface area contributed by atoms with E-state index in [0.29, 0.717) is 0 Å². The van der Waals surface area contributed by atoms with Gasteiger partial charge in [0.25, 0.3) is 0 Å². The summed E-state index contributed by atoms with van der Waals surface area (Å²) in [6.45, 7) is 2.26. The summed E-state index contributed by atoms with van der Waals surface area (Å²) >= 11 is 0. The maximum absolute atomic E-state index is 5.62. The second-order valence-corrected chi connectivity index (χ2v) is 13.5. The van der Waals surface area contributed by atoms with E-state index in [1.807, 2.05) is 0 Å². The molecule has 0 fully saturated rings. The second kappa shape index (κ2) is 10.2. The Morgan fingerprint density at radius 1 is 0.400 bits per heavy atom. The number of nitrogens with zero attached hydrogens (tertiary/aromatic N) is 2. The highest BCUT2D eigenvalue weighted by Gasteiger charge is 2.24. The maximum Gasteiger partial charge on any atom is 0.141 e. The van der Waals surface area contributed by atoms with Crippen molar-refractivity contribution in [3.05, 3.63) is 169 Å². The molecule has 0 radical (unpaired) electrons. The molecule has 0 N–H and O–H groups in total. The lowest BCUT2D eigenvalue weighted by Gasteiger charge is -2.19. The highest BCUT2D eigenvalue weighted by Crippen LogP contribution is 2.46. The number of hydrogen-bond acceptors (Lipinski definition) is 1. The molecule has 2 heterocycles. The first kappa shape index (κ1) is 27.4. The summed E-state index contributed by atoms with van der Waals surface area (Å²) in [6.07, 6.45) is 0. The fourth-order valence-electron chi connectivity index (χ4n) is 8.78. The van der Waals surface area contributed by atoms with E-state index in [1.54, 1.807) is 0 Å². The van der Waals surface area contributed by atoms with Crippen molar-refractivity contribution >= 4 is 86.6 Å². The van der Waals surface area contributed by atoms with E-state index in [4.69, 9.17) is 4.98 Å². The molecule has 232 valence electrons. The lowest BCUT2D eigenvalue weighted by atomic mass is 9.91. The van der Waals surface area contributed by atoms with Gasteiger partial charge < -0.3 is 0 Å². The van der Waals surface area contributed by atoms with Gasteiger partial charge in [-0.05, 0) is 73.3 Å². The maximum atomic E-state index is 5.62. The summed E-state index contributed by atoms with van der Waals surface area (Å²) in [5.41, 5.74) is 6.95. The van der Waals surface area contributed by atoms with Gasteiger partial charge in [-0.3, -0.25) is 4.57 Å². The molecule has 0 bridgehead atoms. The number of fused-ring (bicyclic) bond motifs is 15. The van der Waals surface area contributed by atoms with E-state index in [1.165, 1.54) is 92.2 Å². The Labute approximate surface area is 288 Å². The fraction of sp³-hybridized carbons (Fsp3) is 0.0208. The van der Waals surface area contributed by atoms with E-state index in [9.17, 15) is 0 Å². The smallest absolute Gasteiger partial charge is 0.141 e. The van der Waals surface area contributed by atoms with Crippen molar-refractivity contribution in [2.24, 2.45) is 0 Å². The molecule has 0 unspecified atom stereocenters. The van der Waals surface area contributed by atoms with Crippen LogP contribution in [0.4, 0.5) is 0 Å². The normalized spacial score (nSPS) is 12.1. The monoisotopic (exact) mass is 634 g/mol. The third-order valence-corrected chi connectivity index (χ3v) is 10.9. The van der Waals surface area contributed by atoms with Crippen molar-refractivity contribution in [3.8, 4) is 16.9 Å². The number of aromatic nitrogens is 2. The average Bonchev–Trinajstić information content (AvgIpc) is 3.53. The van der Waals surface area contributed by atoms with Crippen LogP contribution in [-0.2, 0) is 0 Å². The Kier molecular flexibility index (Phi) is 5.62. The Hall–Kier alpha value is -6.51. The number of rotatable bonds is 2. The first-order chi connectivity index (χ1) is 24.8. The van der Waals surface area contributed by atoms with E-state index >= 15 is 0 Å². The van der Waals surface area contributed by atoms with Gasteiger partial charge in [-0.2, -0.15) is 0 Å². The van der Waals surface area contributed by atoms with Crippen LogP contribution in [0.15, 0.2) is 164 Å². The zero-order valence-electron chi connectivity index (χ0n) is 27.5. The van der Waals surface area contributed by atoms with E-state index in [-0.39, 0.29) is 0 Å². The molecular weight excluding hydrogens is 605 g/mol. The van der Waals surface area contributed by atoms with Crippen LogP contribution in [0.2, 0.25) is 0 Å². The van der Waals surface area contributed by atoms with Crippen molar-refractivity contribution in [2.45, 2.75) is 6.92 Å². The minimum atomic E-state index is 0.965. The van der Waals surface area contributed by atoms with Crippen molar-refractivity contribution in [3.63, 3.8) is 0 Å². The van der Waals surface area contributed by atoms with E-state index in [0.717, 1.165) is 16.9 Å². The van der Waals surface area contributed by atoms with Crippen molar-refractivity contribution in [1.82, 2.24) is 9.55 Å². The van der Waals surface area contributed by atoms with E-state index < -0.39 is 0 Å². The zero-order chi connectivity index (χ0) is 32.9. The second-order valence-electron chi connectivity index (χ2n) is 13.5. The molecule has 0 spiro atoms. The van der Waals surface area contributed by atoms with Crippen LogP contribution in [0.3, 0.4) is 0 Å². The van der Waals surface area contributed by atoms with Gasteiger partial charge in [0.15, 0.2) is 0 Å². The van der Waals surface area contributed by atoms with Crippen LogP contribution in [0, 0.1) is 6.92 Å². The van der Waals surface area contributed by atoms with Gasteiger partial charge in [-0.15, -0.1) is 0 Å². The first-order valence-corrected chi connectivity index (χ1v) is 17.3. The van der Waals surface area contributed by atoms with Gasteiger partial charge in [-0.25, -0.2) is 4.98 Å². The van der Waals surface area contributed by atoms with Crippen LogP contribution in [0.25, 0.3) is 104 Å². The lowest BCUT2D eigenvalue weighted by molar-refractivity contribution is 1.08. The average molecular weight is 635 g/mol. The molecule has 9 aromatic carbocycles. The van der Waals surface area contributed by atoms with Crippen LogP contribution < -0.4 is 0 Å². The van der Waals surface area contributed by atoms with Gasteiger partial charge in [0.2, 0.25) is 0 Å². The molecule has 11 rings (SSSR count). The van der Waals surface area contributed by atoms with Gasteiger partial charge in [0.1, 0.15) is 5.82 Å². The molecular formula is C48H30N2. The predicted octanol–water partition coefficient (Wildman–Crippen LogP) is 13.1. The van der Waals surface area contributed by atoms with Crippen LogP contribution >= 0.6 is 0 Å². The lowest BCUT2D eigenvalue weighted by Crippen LogP contribution is -2.04. The highest BCUT2D eigenvalue weighted by molar-refractivity contribution is 6.36. The largest absolute Gasteiger partial charge is 0.293 e. The molecule has 0 amide bonds. The molecule has 11 aromatic rings. The molecule has 0 saturated heterocycles. The molecule has 2 aromatic heterocycles. The fourth-order valence-corrected chi connectivity index (χ4v) is 8.78. The van der Waals surface area contributed by atoms with Crippen molar-refractivity contribution in [2.75, 3.05) is 0 Å². The van der Waals surface area contributed by atoms with E-state index in [2.05, 4.69) is 175 Å². The number of benzene rings is 9. The molecule has 2 heteroatoms. The molecule has 50 heavy (non-hydrogen) atoms. The molecule has 0 aliphatic heterocycles. The van der Waals surface area contributed by atoms with Crippen LogP contribution in [0.5, 0.6) is 0 Å². The zero-order valence-corrected chi connectivity index (χ0v) is 27.5. The van der Waals surface area contributed by atoms with Gasteiger partial charge in [0, 0.05) is 32.5 Å². The van der Waals surface area contributed by atoms with Crippen molar-refractivity contribution in [1.29, 1.82) is 0 Å². The molecule has 0 aliphatic rings. The molecule has 2 nitrogen and oxygen atoms in total. The van der Waals surface area contributed by atoms with Gasteiger partial charge in [-0.1, -0.05) is 152 Å². The van der Waals surface area contributed by atoms with Crippen LogP contribution in [0.1, 0.15) is 5.56 Å². The van der Waals surface area contributed by atoms with Crippen molar-refractivity contribution < 1.29 is 0 Å². The standard InChI is InChI=1S/C48H30N2/c1-29-43(32-15-3-2-4-16-32)45-33-17-7-5-13-30(33)24-27-41(45)49-48(29)50-42-28-26-39-37-21-10-9-19-35(37)36-20-11-12-22-38(36)44(39)46(42)40-25-23-31-14-6-8-18-34(31)47(40)50/h2-28H,1H3. The number of pyridine rings is 1. The third kappa shape index (κ3) is 3.65. The molecule has 0 atom stereocenters. The third-order valence-electron chi connectivity index (χ3n) is 10.9. The summed E-state index contributed by atoms with van der Waals surface area (Å²) in [4.78, 5) is 5.62. The molecule has 0 aliphatic carbocycles. The van der Waals surface area contributed by atoms with Crippen LogP contribution in [-0.4, -0.2) is 9.55 Å². The summed E-state index contributed by atoms with van der Waals surface area (Å²) < 4.78 is 2.47. The summed E-state index contributed by atoms with van der Waals surface area (Å²) in [6, 6.07) is 59.8. The summed E-state index contributed by atoms with van der Waals surface area (Å²) in [5.74, 6) is 0.965. The molecule has 0 saturated carbocycles. The minimum Gasteiger partial charge on any atom is -0.293 e. The minimum absolute atomic E-state index is 0.965. The topological polar surface area (TPSA) is 17.8 Å². The summed E-state index contributed by atoms with van der Waals surface area (Å²) in [7, 11) is 0. The van der Waals surface area contributed by atoms with Gasteiger partial charge in [0.05, 0.1) is 16.6 Å². The Balaban J connectivity index is 1.40. The summed E-state index contributed by atoms with van der Waals surface area (Å²) in [5, 5.41) is 16.3. The highest BCUT2D eigenvalue weighted by atomic mass is 15.1.